The fourth-order valence-electron chi connectivity index (χ4n) is 6.86. The van der Waals surface area contributed by atoms with E-state index in [4.69, 9.17) is 9.47 Å². The van der Waals surface area contributed by atoms with Crippen molar-refractivity contribution < 1.29 is 14.3 Å². The molecule has 194 valence electrons. The van der Waals surface area contributed by atoms with Crippen LogP contribution in [0, 0.1) is 13.8 Å². The molecule has 5 aromatic rings. The normalized spacial score (nSPS) is 15.7. The Hall–Kier alpha value is -4.83. The van der Waals surface area contributed by atoms with Crippen molar-refractivity contribution in [2.45, 2.75) is 25.7 Å². The zero-order chi connectivity index (χ0) is 27.0. The molecule has 4 heteroatoms. The second kappa shape index (κ2) is 8.33. The number of hydrogen-bond acceptors (Lipinski definition) is 4. The van der Waals surface area contributed by atoms with Crippen LogP contribution in [-0.4, -0.2) is 12.6 Å². The van der Waals surface area contributed by atoms with E-state index >= 15 is 0 Å². The van der Waals surface area contributed by atoms with Crippen molar-refractivity contribution in [1.82, 2.24) is 0 Å². The summed E-state index contributed by atoms with van der Waals surface area (Å²) in [7, 11) is 0. The van der Waals surface area contributed by atoms with Crippen LogP contribution in [0.4, 0.5) is 17.1 Å². The van der Waals surface area contributed by atoms with Crippen molar-refractivity contribution in [2.24, 2.45) is 0 Å². The minimum absolute atomic E-state index is 0.253. The molecule has 0 unspecified atom stereocenters. The van der Waals surface area contributed by atoms with Crippen LogP contribution in [0.5, 0.6) is 11.5 Å². The van der Waals surface area contributed by atoms with Gasteiger partial charge in [-0.15, -0.1) is 0 Å². The Morgan fingerprint density at radius 2 is 1.27 bits per heavy atom. The van der Waals surface area contributed by atoms with E-state index in [1.165, 1.54) is 22.3 Å². The third-order valence-corrected chi connectivity index (χ3v) is 8.57. The fourth-order valence-corrected chi connectivity index (χ4v) is 6.86. The second-order valence-electron chi connectivity index (χ2n) is 10.9. The molecular weight excluding hydrogens is 494 g/mol. The number of benzene rings is 5. The smallest absolute Gasteiger partial charge is 0.338 e. The van der Waals surface area contributed by atoms with Gasteiger partial charge in [0.05, 0.1) is 29.0 Å². The molecule has 0 radical (unpaired) electrons. The summed E-state index contributed by atoms with van der Waals surface area (Å²) in [4.78, 5) is 15.1. The van der Waals surface area contributed by atoms with E-state index in [0.29, 0.717) is 12.2 Å². The van der Waals surface area contributed by atoms with Gasteiger partial charge >= 0.3 is 5.97 Å². The Bertz CT molecular complexity index is 1770. The van der Waals surface area contributed by atoms with Crippen LogP contribution in [0.15, 0.2) is 103 Å². The summed E-state index contributed by atoms with van der Waals surface area (Å²) in [5.74, 6) is 1.48. The van der Waals surface area contributed by atoms with Crippen molar-refractivity contribution in [2.75, 3.05) is 11.5 Å². The van der Waals surface area contributed by atoms with Gasteiger partial charge in [-0.2, -0.15) is 0 Å². The molecule has 1 spiro atoms. The summed E-state index contributed by atoms with van der Waals surface area (Å²) in [5.41, 5.74) is 11.2. The van der Waals surface area contributed by atoms with Gasteiger partial charge in [0.2, 0.25) is 0 Å². The third kappa shape index (κ3) is 3.05. The zero-order valence-corrected chi connectivity index (χ0v) is 22.4. The van der Waals surface area contributed by atoms with Crippen LogP contribution in [0.25, 0.3) is 0 Å². The molecule has 3 heterocycles. The average molecular weight is 522 g/mol. The Balaban J connectivity index is 1.51. The maximum Gasteiger partial charge on any atom is 0.338 e. The standard InChI is InChI=1S/C36H27NO3/c1-22-11-15-31-29(19-22)36(27-7-3-5-9-33(27)40-34-10-6-4-8-28(34)36)30-20-23(2)12-16-32(30)37(31)25-14-13-24-17-18-39-35(38)26(24)21-25/h3-16,19-21H,17-18H2,1-2H3. The van der Waals surface area contributed by atoms with Crippen LogP contribution in [0.1, 0.15) is 49.3 Å². The van der Waals surface area contributed by atoms with Crippen molar-refractivity contribution >= 4 is 23.0 Å². The number of rotatable bonds is 1. The Kier molecular flexibility index (Phi) is 4.81. The molecule has 3 aliphatic rings. The number of esters is 1. The Morgan fingerprint density at radius 3 is 1.90 bits per heavy atom. The van der Waals surface area contributed by atoms with Crippen LogP contribution in [-0.2, 0) is 16.6 Å². The number of fused-ring (bicyclic) bond motifs is 9. The number of cyclic esters (lactones) is 1. The first kappa shape index (κ1) is 23.1. The third-order valence-electron chi connectivity index (χ3n) is 8.57. The lowest BCUT2D eigenvalue weighted by Crippen LogP contribution is -2.40. The summed E-state index contributed by atoms with van der Waals surface area (Å²) >= 11 is 0. The van der Waals surface area contributed by atoms with E-state index in [-0.39, 0.29) is 5.97 Å². The Morgan fingerprint density at radius 1 is 0.675 bits per heavy atom. The van der Waals surface area contributed by atoms with E-state index in [1.807, 2.05) is 18.2 Å². The van der Waals surface area contributed by atoms with Gasteiger partial charge in [-0.1, -0.05) is 77.9 Å². The number of carbonyl (C=O) groups excluding carboxylic acids is 1. The van der Waals surface area contributed by atoms with Gasteiger partial charge in [0.15, 0.2) is 0 Å². The summed E-state index contributed by atoms with van der Waals surface area (Å²) in [5, 5.41) is 0. The summed E-state index contributed by atoms with van der Waals surface area (Å²) in [6.45, 7) is 4.73. The number of hydrogen-bond donors (Lipinski definition) is 0. The van der Waals surface area contributed by atoms with E-state index in [0.717, 1.165) is 51.7 Å². The lowest BCUT2D eigenvalue weighted by molar-refractivity contribution is 0.0480. The molecular formula is C36H27NO3. The van der Waals surface area contributed by atoms with Crippen LogP contribution in [0.3, 0.4) is 0 Å². The van der Waals surface area contributed by atoms with Crippen LogP contribution < -0.4 is 9.64 Å². The maximum atomic E-state index is 12.8. The first-order valence-corrected chi connectivity index (χ1v) is 13.7. The molecule has 0 saturated carbocycles. The molecule has 40 heavy (non-hydrogen) atoms. The molecule has 8 rings (SSSR count). The van der Waals surface area contributed by atoms with Crippen LogP contribution in [0.2, 0.25) is 0 Å². The van der Waals surface area contributed by atoms with Gasteiger partial charge in [-0.3, -0.25) is 0 Å². The van der Waals surface area contributed by atoms with Gasteiger partial charge in [0, 0.05) is 23.2 Å². The predicted octanol–water partition coefficient (Wildman–Crippen LogP) is 8.29. The predicted molar refractivity (Wildman–Crippen MR) is 157 cm³/mol. The van der Waals surface area contributed by atoms with Crippen LogP contribution >= 0.6 is 0 Å². The molecule has 5 aromatic carbocycles. The topological polar surface area (TPSA) is 38.8 Å². The minimum atomic E-state index is -0.586. The highest BCUT2D eigenvalue weighted by Crippen LogP contribution is 2.62. The number of ether oxygens (including phenoxy) is 2. The number of carbonyl (C=O) groups is 1. The van der Waals surface area contributed by atoms with Gasteiger partial charge in [-0.25, -0.2) is 4.79 Å². The zero-order valence-electron chi connectivity index (χ0n) is 22.4. The maximum absolute atomic E-state index is 12.8. The molecule has 0 bridgehead atoms. The molecule has 4 nitrogen and oxygen atoms in total. The minimum Gasteiger partial charge on any atom is -0.462 e. The molecule has 0 saturated heterocycles. The van der Waals surface area contributed by atoms with Gasteiger partial charge in [-0.05, 0) is 66.9 Å². The number of nitrogens with zero attached hydrogens (tertiary/aromatic N) is 1. The van der Waals surface area contributed by atoms with Gasteiger partial charge < -0.3 is 14.4 Å². The van der Waals surface area contributed by atoms with E-state index in [2.05, 4.69) is 104 Å². The number of aryl methyl sites for hydroxylation is 2. The summed E-state index contributed by atoms with van der Waals surface area (Å²) in [6, 6.07) is 36.4. The van der Waals surface area contributed by atoms with Crippen molar-refractivity contribution in [1.29, 1.82) is 0 Å². The lowest BCUT2D eigenvalue weighted by Gasteiger charge is -2.49. The highest BCUT2D eigenvalue weighted by atomic mass is 16.5. The first-order valence-electron chi connectivity index (χ1n) is 13.7. The molecule has 0 aliphatic carbocycles. The molecule has 0 fully saturated rings. The highest BCUT2D eigenvalue weighted by Gasteiger charge is 2.51. The molecule has 0 N–H and O–H groups in total. The lowest BCUT2D eigenvalue weighted by atomic mass is 9.61. The summed E-state index contributed by atoms with van der Waals surface area (Å²) < 4.78 is 11.9. The van der Waals surface area contributed by atoms with E-state index in [1.54, 1.807) is 0 Å². The Labute approximate surface area is 233 Å². The number of anilines is 3. The van der Waals surface area contributed by atoms with Gasteiger partial charge in [0.1, 0.15) is 11.5 Å². The molecule has 0 amide bonds. The van der Waals surface area contributed by atoms with E-state index < -0.39 is 5.41 Å². The van der Waals surface area contributed by atoms with Gasteiger partial charge in [0.25, 0.3) is 0 Å². The quantitative estimate of drug-likeness (QED) is 0.204. The average Bonchev–Trinajstić information content (AvgIpc) is 2.97. The second-order valence-corrected chi connectivity index (χ2v) is 10.9. The van der Waals surface area contributed by atoms with E-state index in [9.17, 15) is 4.79 Å². The first-order chi connectivity index (χ1) is 19.6. The van der Waals surface area contributed by atoms with Crippen molar-refractivity contribution in [3.63, 3.8) is 0 Å². The number of para-hydroxylation sites is 2. The highest BCUT2D eigenvalue weighted by molar-refractivity contribution is 5.96. The molecule has 0 aromatic heterocycles. The van der Waals surface area contributed by atoms with Crippen molar-refractivity contribution in [3.05, 3.63) is 148 Å². The molecule has 0 atom stereocenters. The fraction of sp³-hybridized carbons (Fsp3) is 0.139. The monoisotopic (exact) mass is 521 g/mol. The van der Waals surface area contributed by atoms with Crippen molar-refractivity contribution in [3.8, 4) is 11.5 Å². The summed E-state index contributed by atoms with van der Waals surface area (Å²) in [6.07, 6.45) is 0.740. The SMILES string of the molecule is Cc1ccc2c(c1)C1(c3ccccc3Oc3ccccc31)c1cc(C)ccc1N2c1ccc2c(c1)C(=O)OCC2. The molecule has 3 aliphatic heterocycles. The largest absolute Gasteiger partial charge is 0.462 e.